The number of hydrogen-bond donors (Lipinski definition) is 2. The maximum absolute atomic E-state index is 14.5. The molecule has 0 amide bonds. The Morgan fingerprint density at radius 3 is 2.46 bits per heavy atom. The third kappa shape index (κ3) is 4.15. The SMILES string of the molecule is CCC(C)S(=O)N[C@](C)(c1cc([N+](=O)[O-])c(OC)cc1F)C(F)(F)CO. The summed E-state index contributed by atoms with van der Waals surface area (Å²) in [4.78, 5) is 10.2. The molecule has 1 aromatic rings. The van der Waals surface area contributed by atoms with Crippen LogP contribution in [0.15, 0.2) is 12.1 Å². The first-order chi connectivity index (χ1) is 11.9. The number of halogens is 3. The number of nitro groups is 1. The average Bonchev–Trinajstić information content (AvgIpc) is 2.59. The van der Waals surface area contributed by atoms with E-state index in [9.17, 15) is 27.5 Å². The molecule has 0 fully saturated rings. The topological polar surface area (TPSA) is 102 Å². The highest BCUT2D eigenvalue weighted by Crippen LogP contribution is 2.42. The molecule has 3 atom stereocenters. The van der Waals surface area contributed by atoms with E-state index in [1.807, 2.05) is 0 Å². The van der Waals surface area contributed by atoms with Crippen LogP contribution in [0.1, 0.15) is 32.8 Å². The summed E-state index contributed by atoms with van der Waals surface area (Å²) >= 11 is 0. The summed E-state index contributed by atoms with van der Waals surface area (Å²) in [6, 6.07) is 1.20. The Balaban J connectivity index is 3.65. The Morgan fingerprint density at radius 2 is 2.04 bits per heavy atom. The van der Waals surface area contributed by atoms with Crippen LogP contribution in [0.4, 0.5) is 18.9 Å². The Hall–Kier alpha value is -1.72. The minimum atomic E-state index is -3.97. The van der Waals surface area contributed by atoms with Gasteiger partial charge in [0.2, 0.25) is 0 Å². The molecular formula is C15H21F3N2O5S. The van der Waals surface area contributed by atoms with E-state index in [4.69, 9.17) is 9.84 Å². The Kier molecular flexibility index (Phi) is 7.14. The Morgan fingerprint density at radius 1 is 1.46 bits per heavy atom. The molecule has 11 heteroatoms. The second-order valence-corrected chi connectivity index (χ2v) is 7.47. The van der Waals surface area contributed by atoms with Crippen molar-refractivity contribution in [2.45, 2.75) is 43.9 Å². The van der Waals surface area contributed by atoms with Crippen molar-refractivity contribution in [3.63, 3.8) is 0 Å². The van der Waals surface area contributed by atoms with Gasteiger partial charge in [-0.3, -0.25) is 10.1 Å². The lowest BCUT2D eigenvalue weighted by molar-refractivity contribution is -0.385. The highest BCUT2D eigenvalue weighted by atomic mass is 32.2. The van der Waals surface area contributed by atoms with Crippen LogP contribution in [0.25, 0.3) is 0 Å². The van der Waals surface area contributed by atoms with Crippen LogP contribution < -0.4 is 9.46 Å². The smallest absolute Gasteiger partial charge is 0.311 e. The predicted molar refractivity (Wildman–Crippen MR) is 90.0 cm³/mol. The van der Waals surface area contributed by atoms with Gasteiger partial charge in [0.05, 0.1) is 23.0 Å². The van der Waals surface area contributed by atoms with Crippen molar-refractivity contribution in [3.05, 3.63) is 33.6 Å². The van der Waals surface area contributed by atoms with Crippen LogP contribution in [-0.4, -0.2) is 39.1 Å². The molecule has 26 heavy (non-hydrogen) atoms. The molecule has 148 valence electrons. The van der Waals surface area contributed by atoms with Gasteiger partial charge >= 0.3 is 5.69 Å². The van der Waals surface area contributed by atoms with E-state index in [1.165, 1.54) is 6.92 Å². The average molecular weight is 398 g/mol. The predicted octanol–water partition coefficient (Wildman–Crippen LogP) is 2.64. The fourth-order valence-electron chi connectivity index (χ4n) is 2.17. The molecule has 0 aromatic heterocycles. The van der Waals surface area contributed by atoms with E-state index in [0.717, 1.165) is 14.0 Å². The van der Waals surface area contributed by atoms with Gasteiger partial charge in [-0.25, -0.2) is 22.1 Å². The number of hydrogen-bond acceptors (Lipinski definition) is 5. The largest absolute Gasteiger partial charge is 0.490 e. The first-order valence-electron chi connectivity index (χ1n) is 7.64. The number of benzene rings is 1. The molecular weight excluding hydrogens is 377 g/mol. The fraction of sp³-hybridized carbons (Fsp3) is 0.600. The molecule has 0 aliphatic carbocycles. The molecule has 0 aliphatic rings. The lowest BCUT2D eigenvalue weighted by atomic mass is 9.86. The lowest BCUT2D eigenvalue weighted by Gasteiger charge is -2.37. The highest BCUT2D eigenvalue weighted by molar-refractivity contribution is 7.83. The van der Waals surface area contributed by atoms with Gasteiger partial charge in [-0.05, 0) is 20.3 Å². The van der Waals surface area contributed by atoms with Crippen LogP contribution in [0, 0.1) is 15.9 Å². The number of methoxy groups -OCH3 is 1. The summed E-state index contributed by atoms with van der Waals surface area (Å²) in [7, 11) is -0.956. The number of rotatable bonds is 9. The van der Waals surface area contributed by atoms with Crippen LogP contribution in [0.5, 0.6) is 5.75 Å². The molecule has 7 nitrogen and oxygen atoms in total. The number of ether oxygens (including phenoxy) is 1. The number of nitrogens with one attached hydrogen (secondary N) is 1. The number of aliphatic hydroxyl groups excluding tert-OH is 1. The zero-order valence-electron chi connectivity index (χ0n) is 14.7. The highest BCUT2D eigenvalue weighted by Gasteiger charge is 2.54. The molecule has 0 heterocycles. The van der Waals surface area contributed by atoms with Gasteiger partial charge in [0.15, 0.2) is 5.75 Å². The van der Waals surface area contributed by atoms with Gasteiger partial charge in [0.1, 0.15) is 18.0 Å². The molecule has 0 bridgehead atoms. The van der Waals surface area contributed by atoms with Crippen molar-refractivity contribution in [1.29, 1.82) is 0 Å². The van der Waals surface area contributed by atoms with Gasteiger partial charge in [0, 0.05) is 22.9 Å². The van der Waals surface area contributed by atoms with E-state index >= 15 is 0 Å². The van der Waals surface area contributed by atoms with Crippen LogP contribution in [0.2, 0.25) is 0 Å². The first-order valence-corrected chi connectivity index (χ1v) is 8.85. The number of aliphatic hydroxyl groups is 1. The maximum Gasteiger partial charge on any atom is 0.311 e. The van der Waals surface area contributed by atoms with Crippen molar-refractivity contribution in [3.8, 4) is 5.75 Å². The maximum atomic E-state index is 14.5. The second kappa shape index (κ2) is 8.31. The first kappa shape index (κ1) is 22.3. The van der Waals surface area contributed by atoms with Crippen molar-refractivity contribution >= 4 is 16.7 Å². The lowest BCUT2D eigenvalue weighted by Crippen LogP contribution is -2.57. The monoisotopic (exact) mass is 398 g/mol. The van der Waals surface area contributed by atoms with Crippen LogP contribution in [-0.2, 0) is 16.5 Å². The molecule has 1 rings (SSSR count). The van der Waals surface area contributed by atoms with E-state index in [1.54, 1.807) is 6.92 Å². The van der Waals surface area contributed by atoms with Crippen molar-refractivity contribution in [2.75, 3.05) is 13.7 Å². The normalized spacial score (nSPS) is 16.6. The molecule has 2 unspecified atom stereocenters. The minimum absolute atomic E-state index is 0.381. The van der Waals surface area contributed by atoms with Crippen molar-refractivity contribution in [2.24, 2.45) is 0 Å². The minimum Gasteiger partial charge on any atom is -0.490 e. The van der Waals surface area contributed by atoms with Gasteiger partial charge in [-0.15, -0.1) is 0 Å². The van der Waals surface area contributed by atoms with Crippen LogP contribution in [0.3, 0.4) is 0 Å². The van der Waals surface area contributed by atoms with E-state index in [2.05, 4.69) is 4.72 Å². The zero-order chi connectivity index (χ0) is 20.3. The summed E-state index contributed by atoms with van der Waals surface area (Å²) in [5, 5.41) is 19.7. The summed E-state index contributed by atoms with van der Waals surface area (Å²) in [6.45, 7) is 2.36. The van der Waals surface area contributed by atoms with Gasteiger partial charge < -0.3 is 9.84 Å². The molecule has 2 N–H and O–H groups in total. The summed E-state index contributed by atoms with van der Waals surface area (Å²) in [5.74, 6) is -5.65. The van der Waals surface area contributed by atoms with E-state index in [0.29, 0.717) is 18.6 Å². The van der Waals surface area contributed by atoms with E-state index in [-0.39, 0.29) is 0 Å². The second-order valence-electron chi connectivity index (χ2n) is 5.87. The molecule has 0 aliphatic heterocycles. The van der Waals surface area contributed by atoms with Gasteiger partial charge in [0.25, 0.3) is 5.92 Å². The zero-order valence-corrected chi connectivity index (χ0v) is 15.5. The third-order valence-electron chi connectivity index (χ3n) is 4.18. The quantitative estimate of drug-likeness (QED) is 0.492. The van der Waals surface area contributed by atoms with Crippen molar-refractivity contribution in [1.82, 2.24) is 4.72 Å². The summed E-state index contributed by atoms with van der Waals surface area (Å²) in [6.07, 6.45) is 0.381. The van der Waals surface area contributed by atoms with E-state index < -0.39 is 62.0 Å². The number of nitrogens with zero attached hydrogens (tertiary/aromatic N) is 1. The fourth-order valence-corrected chi connectivity index (χ4v) is 3.34. The molecule has 0 radical (unpaired) electrons. The van der Waals surface area contributed by atoms with Crippen molar-refractivity contribution < 1.29 is 32.1 Å². The third-order valence-corrected chi connectivity index (χ3v) is 5.85. The Labute approximate surface area is 151 Å². The molecule has 0 spiro atoms. The number of nitro benzene ring substituents is 1. The summed E-state index contributed by atoms with van der Waals surface area (Å²) in [5.41, 5.74) is -4.21. The van der Waals surface area contributed by atoms with Gasteiger partial charge in [-0.2, -0.15) is 0 Å². The summed E-state index contributed by atoms with van der Waals surface area (Å²) < 4.78 is 62.7. The molecule has 1 aromatic carbocycles. The Bertz CT molecular complexity index is 704. The van der Waals surface area contributed by atoms with Gasteiger partial charge in [-0.1, -0.05) is 6.92 Å². The standard InChI is InChI=1S/C15H21F3N2O5S/c1-5-9(2)26(24)19-14(3,15(17,18)8-21)10-6-12(20(22)23)13(25-4)7-11(10)16/h6-7,9,19,21H,5,8H2,1-4H3/t9?,14-,26?/m1/s1. The number of alkyl halides is 2. The van der Waals surface area contributed by atoms with Crippen LogP contribution >= 0.6 is 0 Å². The molecule has 0 saturated heterocycles. The molecule has 0 saturated carbocycles.